The number of rotatable bonds is 2. The third kappa shape index (κ3) is 3.19. The van der Waals surface area contributed by atoms with Gasteiger partial charge in [-0.3, -0.25) is 4.79 Å². The Morgan fingerprint density at radius 1 is 1.33 bits per heavy atom. The molecule has 0 atom stereocenters. The fourth-order valence-electron chi connectivity index (χ4n) is 0.798. The van der Waals surface area contributed by atoms with Crippen molar-refractivity contribution < 1.29 is 4.79 Å². The molecule has 0 amide bonds. The van der Waals surface area contributed by atoms with Crippen LogP contribution in [0.15, 0.2) is 30.3 Å². The molecule has 0 bridgehead atoms. The average molecular weight is 169 g/mol. The molecule has 0 aliphatic rings. The Hall–Kier alpha value is -0.620. The van der Waals surface area contributed by atoms with Gasteiger partial charge in [-0.15, -0.1) is 0 Å². The van der Waals surface area contributed by atoms with Crippen LogP contribution in [0.25, 0.3) is 0 Å². The van der Waals surface area contributed by atoms with Crippen LogP contribution >= 0.6 is 0 Å². The Morgan fingerprint density at radius 2 is 1.92 bits per heavy atom. The van der Waals surface area contributed by atoms with E-state index >= 15 is 0 Å². The Kier molecular flexibility index (Phi) is 5.65. The fraction of sp³-hybridized carbons (Fsp3) is 0.111. The Morgan fingerprint density at radius 3 is 2.42 bits per heavy atom. The Balaban J connectivity index is 0.00000121. The molecule has 1 aromatic carbocycles. The van der Waals surface area contributed by atoms with Crippen molar-refractivity contribution in [1.82, 2.24) is 0 Å². The molecule has 0 N–H and O–H groups in total. The van der Waals surface area contributed by atoms with E-state index in [4.69, 9.17) is 5.26 Å². The van der Waals surface area contributed by atoms with Crippen molar-refractivity contribution in [3.8, 4) is 6.07 Å². The van der Waals surface area contributed by atoms with Gasteiger partial charge < -0.3 is 0 Å². The second-order valence-corrected chi connectivity index (χ2v) is 2.12. The SMILES string of the molecule is N#CCC(=O)c1ccccc1.[NaH]. The minimum atomic E-state index is -0.117. The van der Waals surface area contributed by atoms with Gasteiger partial charge in [0, 0.05) is 5.56 Å². The zero-order valence-corrected chi connectivity index (χ0v) is 5.95. The molecule has 0 unspecified atom stereocenters. The topological polar surface area (TPSA) is 40.9 Å². The standard InChI is InChI=1S/C9H7NO.Na.H/c10-7-6-9(11)8-4-2-1-3-5-8;;/h1-5H,6H2;;. The van der Waals surface area contributed by atoms with E-state index in [-0.39, 0.29) is 41.8 Å². The van der Waals surface area contributed by atoms with E-state index in [2.05, 4.69) is 0 Å². The van der Waals surface area contributed by atoms with Crippen LogP contribution < -0.4 is 0 Å². The van der Waals surface area contributed by atoms with Gasteiger partial charge in [-0.25, -0.2) is 0 Å². The van der Waals surface area contributed by atoms with E-state index in [1.165, 1.54) is 0 Å². The number of hydrogen-bond donors (Lipinski definition) is 0. The second-order valence-electron chi connectivity index (χ2n) is 2.12. The van der Waals surface area contributed by atoms with Crippen molar-refractivity contribution in [1.29, 1.82) is 5.26 Å². The van der Waals surface area contributed by atoms with Crippen molar-refractivity contribution in [2.45, 2.75) is 6.42 Å². The van der Waals surface area contributed by atoms with Gasteiger partial charge in [-0.05, 0) is 0 Å². The molecule has 1 aromatic rings. The summed E-state index contributed by atoms with van der Waals surface area (Å²) in [5.41, 5.74) is 0.606. The summed E-state index contributed by atoms with van der Waals surface area (Å²) in [7, 11) is 0. The minimum absolute atomic E-state index is 0. The van der Waals surface area contributed by atoms with Crippen molar-refractivity contribution >= 4 is 35.3 Å². The van der Waals surface area contributed by atoms with Gasteiger partial charge in [0.2, 0.25) is 0 Å². The van der Waals surface area contributed by atoms with Crippen molar-refractivity contribution in [3.05, 3.63) is 35.9 Å². The van der Waals surface area contributed by atoms with Crippen LogP contribution in [0.1, 0.15) is 16.8 Å². The molecule has 0 saturated carbocycles. The van der Waals surface area contributed by atoms with E-state index in [0.29, 0.717) is 5.56 Å². The molecule has 0 aromatic heterocycles. The number of nitrogens with zero attached hydrogens (tertiary/aromatic N) is 1. The molecule has 56 valence electrons. The first-order valence-corrected chi connectivity index (χ1v) is 3.30. The normalized spacial score (nSPS) is 7.92. The van der Waals surface area contributed by atoms with Crippen LogP contribution in [0, 0.1) is 11.3 Å². The van der Waals surface area contributed by atoms with Gasteiger partial charge in [-0.2, -0.15) is 5.26 Å². The van der Waals surface area contributed by atoms with Crippen molar-refractivity contribution in [3.63, 3.8) is 0 Å². The maximum absolute atomic E-state index is 11.0. The quantitative estimate of drug-likeness (QED) is 0.492. The van der Waals surface area contributed by atoms with Gasteiger partial charge in [0.05, 0.1) is 12.5 Å². The summed E-state index contributed by atoms with van der Waals surface area (Å²) >= 11 is 0. The molecule has 0 spiro atoms. The predicted octanol–water partition coefficient (Wildman–Crippen LogP) is 1.13. The van der Waals surface area contributed by atoms with E-state index in [1.54, 1.807) is 24.3 Å². The summed E-state index contributed by atoms with van der Waals surface area (Å²) in [4.78, 5) is 11.0. The number of nitriles is 1. The van der Waals surface area contributed by atoms with Crippen LogP contribution in [0.3, 0.4) is 0 Å². The molecular weight excluding hydrogens is 161 g/mol. The summed E-state index contributed by atoms with van der Waals surface area (Å²) < 4.78 is 0. The molecule has 0 radical (unpaired) electrons. The first kappa shape index (κ1) is 11.4. The third-order valence-electron chi connectivity index (χ3n) is 1.34. The number of benzene rings is 1. The van der Waals surface area contributed by atoms with E-state index in [9.17, 15) is 4.79 Å². The Bertz CT molecular complexity index is 289. The molecule has 0 heterocycles. The molecule has 1 rings (SSSR count). The van der Waals surface area contributed by atoms with E-state index < -0.39 is 0 Å². The number of Topliss-reactive ketones (excluding diaryl/α,β-unsaturated/α-hetero) is 1. The first-order chi connectivity index (χ1) is 5.34. The molecule has 12 heavy (non-hydrogen) atoms. The molecule has 0 aliphatic carbocycles. The van der Waals surface area contributed by atoms with Gasteiger partial charge in [0.25, 0.3) is 0 Å². The first-order valence-electron chi connectivity index (χ1n) is 3.30. The zero-order valence-electron chi connectivity index (χ0n) is 5.95. The van der Waals surface area contributed by atoms with Crippen LogP contribution in [0.2, 0.25) is 0 Å². The predicted molar refractivity (Wildman–Crippen MR) is 48.2 cm³/mol. The molecular formula is C9H8NNaO. The third-order valence-corrected chi connectivity index (χ3v) is 1.34. The van der Waals surface area contributed by atoms with Crippen LogP contribution in [-0.2, 0) is 0 Å². The molecule has 2 nitrogen and oxygen atoms in total. The van der Waals surface area contributed by atoms with Crippen molar-refractivity contribution in [2.24, 2.45) is 0 Å². The molecule has 3 heteroatoms. The molecule has 0 fully saturated rings. The van der Waals surface area contributed by atoms with Gasteiger partial charge in [-0.1, -0.05) is 30.3 Å². The summed E-state index contributed by atoms with van der Waals surface area (Å²) in [6.45, 7) is 0. The monoisotopic (exact) mass is 169 g/mol. The second kappa shape index (κ2) is 5.96. The Labute approximate surface area is 93.5 Å². The molecule has 0 aliphatic heterocycles. The van der Waals surface area contributed by atoms with Crippen molar-refractivity contribution in [2.75, 3.05) is 0 Å². The maximum atomic E-state index is 11.0. The number of carbonyl (C=O) groups is 1. The number of carbonyl (C=O) groups excluding carboxylic acids is 1. The van der Waals surface area contributed by atoms with E-state index in [1.807, 2.05) is 12.1 Å². The zero-order chi connectivity index (χ0) is 8.10. The van der Waals surface area contributed by atoms with Gasteiger partial charge in [0.15, 0.2) is 5.78 Å². The molecule has 0 saturated heterocycles. The summed E-state index contributed by atoms with van der Waals surface area (Å²) in [6, 6.07) is 10.6. The summed E-state index contributed by atoms with van der Waals surface area (Å²) in [5.74, 6) is -0.117. The fourth-order valence-corrected chi connectivity index (χ4v) is 0.798. The number of ketones is 1. The summed E-state index contributed by atoms with van der Waals surface area (Å²) in [5, 5.41) is 8.23. The van der Waals surface area contributed by atoms with Crippen LogP contribution in [-0.4, -0.2) is 35.3 Å². The van der Waals surface area contributed by atoms with Crippen LogP contribution in [0.4, 0.5) is 0 Å². The van der Waals surface area contributed by atoms with Gasteiger partial charge >= 0.3 is 29.6 Å². The average Bonchev–Trinajstić information content (AvgIpc) is 2.07. The van der Waals surface area contributed by atoms with Crippen LogP contribution in [0.5, 0.6) is 0 Å². The summed E-state index contributed by atoms with van der Waals surface area (Å²) in [6.07, 6.45) is -0.0377. The van der Waals surface area contributed by atoms with E-state index in [0.717, 1.165) is 0 Å². The van der Waals surface area contributed by atoms with Gasteiger partial charge in [0.1, 0.15) is 0 Å². The number of hydrogen-bond acceptors (Lipinski definition) is 2.